The van der Waals surface area contributed by atoms with Crippen molar-refractivity contribution in [2.45, 2.75) is 115 Å². The maximum atomic E-state index is 13.7. The minimum Gasteiger partial charge on any atom is -0.460 e. The summed E-state index contributed by atoms with van der Waals surface area (Å²) < 4.78 is 61.2. The van der Waals surface area contributed by atoms with Gasteiger partial charge in [0.15, 0.2) is 28.5 Å². The molecule has 16 heteroatoms. The SMILES string of the molecule is Cc1cn([C@@H]2O[C@H](CO[Si](C)(C)C(C)(C)C)[C@@]3(OS(=O)(=O)C=C3NCC(=O)OCc3ccccc3)[C@H]2O[Si](C)(C)C(C)(C)C)c(=O)n(C)c1=O. The molecule has 0 aliphatic carbocycles. The van der Waals surface area contributed by atoms with Crippen LogP contribution in [0.15, 0.2) is 57.2 Å². The minimum atomic E-state index is -4.38. The number of benzene rings is 1. The number of carbonyl (C=O) groups excluding carboxylic acids is 1. The van der Waals surface area contributed by atoms with E-state index in [1.165, 1.54) is 17.8 Å². The van der Waals surface area contributed by atoms with Crippen molar-refractivity contribution in [1.82, 2.24) is 14.5 Å². The molecule has 1 spiro atoms. The molecule has 0 unspecified atom stereocenters. The highest BCUT2D eigenvalue weighted by Gasteiger charge is 2.68. The number of hydrogen-bond donors (Lipinski definition) is 1. The van der Waals surface area contributed by atoms with Crippen molar-refractivity contribution in [3.8, 4) is 0 Å². The number of ether oxygens (including phenoxy) is 2. The number of aryl methyl sites for hydroxylation is 1. The van der Waals surface area contributed by atoms with Crippen molar-refractivity contribution in [1.29, 1.82) is 0 Å². The van der Waals surface area contributed by atoms with Crippen LogP contribution in [0, 0.1) is 6.92 Å². The first kappa shape index (κ1) is 39.9. The van der Waals surface area contributed by atoms with Gasteiger partial charge in [-0.25, -0.2) is 8.98 Å². The molecule has 1 N–H and O–H groups in total. The molecule has 2 aliphatic heterocycles. The number of aromatic nitrogens is 2. The van der Waals surface area contributed by atoms with Crippen molar-refractivity contribution in [2.75, 3.05) is 13.2 Å². The van der Waals surface area contributed by atoms with E-state index in [1.807, 2.05) is 64.2 Å². The molecule has 13 nitrogen and oxygen atoms in total. The van der Waals surface area contributed by atoms with Crippen molar-refractivity contribution < 1.29 is 35.7 Å². The van der Waals surface area contributed by atoms with E-state index in [4.69, 9.17) is 22.5 Å². The Labute approximate surface area is 297 Å². The number of rotatable bonds is 11. The lowest BCUT2D eigenvalue weighted by molar-refractivity contribution is -0.143. The van der Waals surface area contributed by atoms with Crippen LogP contribution in [-0.4, -0.2) is 71.1 Å². The topological polar surface area (TPSA) is 153 Å². The van der Waals surface area contributed by atoms with Crippen LogP contribution in [0.2, 0.25) is 36.3 Å². The zero-order valence-electron chi connectivity index (χ0n) is 31.3. The monoisotopic (exact) mass is 751 g/mol. The average Bonchev–Trinajstić information content (AvgIpc) is 3.45. The lowest BCUT2D eigenvalue weighted by atomic mass is 9.89. The highest BCUT2D eigenvalue weighted by Crippen LogP contribution is 2.52. The molecular formula is C34H53N3O10SSi2. The lowest BCUT2D eigenvalue weighted by Gasteiger charge is -2.44. The molecule has 1 aromatic carbocycles. The number of hydrogen-bond acceptors (Lipinski definition) is 11. The quantitative estimate of drug-likeness (QED) is 0.197. The summed E-state index contributed by atoms with van der Waals surface area (Å²) in [5.41, 5.74) is -2.00. The van der Waals surface area contributed by atoms with E-state index in [0.29, 0.717) is 0 Å². The first-order chi connectivity index (χ1) is 22.8. The molecule has 50 heavy (non-hydrogen) atoms. The third kappa shape index (κ3) is 7.95. The molecule has 2 aliphatic rings. The molecule has 1 saturated heterocycles. The third-order valence-corrected chi connectivity index (χ3v) is 20.4. The smallest absolute Gasteiger partial charge is 0.332 e. The summed E-state index contributed by atoms with van der Waals surface area (Å²) in [6.45, 7) is 21.5. The first-order valence-corrected chi connectivity index (χ1v) is 24.0. The summed E-state index contributed by atoms with van der Waals surface area (Å²) in [7, 11) is -8.27. The molecule has 2 aromatic rings. The number of esters is 1. The fraction of sp³-hybridized carbons (Fsp3) is 0.618. The Morgan fingerprint density at radius 3 is 2.18 bits per heavy atom. The van der Waals surface area contributed by atoms with Crippen LogP contribution in [0.4, 0.5) is 0 Å². The number of nitrogens with zero attached hydrogens (tertiary/aromatic N) is 2. The predicted octanol–water partition coefficient (Wildman–Crippen LogP) is 4.44. The molecule has 1 aromatic heterocycles. The van der Waals surface area contributed by atoms with E-state index in [9.17, 15) is 22.8 Å². The van der Waals surface area contributed by atoms with E-state index in [-0.39, 0.29) is 34.6 Å². The van der Waals surface area contributed by atoms with E-state index >= 15 is 0 Å². The lowest BCUT2D eigenvalue weighted by Crippen LogP contribution is -2.60. The highest BCUT2D eigenvalue weighted by molar-refractivity contribution is 7.90. The van der Waals surface area contributed by atoms with Gasteiger partial charge >= 0.3 is 11.7 Å². The largest absolute Gasteiger partial charge is 0.460 e. The van der Waals surface area contributed by atoms with Crippen LogP contribution in [0.3, 0.4) is 0 Å². The van der Waals surface area contributed by atoms with Gasteiger partial charge in [-0.3, -0.25) is 18.7 Å². The van der Waals surface area contributed by atoms with Gasteiger partial charge in [0.25, 0.3) is 15.7 Å². The van der Waals surface area contributed by atoms with E-state index in [0.717, 1.165) is 15.5 Å². The molecule has 1 fully saturated rings. The van der Waals surface area contributed by atoms with E-state index < -0.39 is 74.6 Å². The third-order valence-electron chi connectivity index (χ3n) is 10.5. The van der Waals surface area contributed by atoms with Crippen LogP contribution >= 0.6 is 0 Å². The Balaban J connectivity index is 1.87. The Morgan fingerprint density at radius 1 is 1.00 bits per heavy atom. The van der Waals surface area contributed by atoms with Crippen LogP contribution in [0.25, 0.3) is 0 Å². The van der Waals surface area contributed by atoms with Crippen LogP contribution in [0.1, 0.15) is 58.9 Å². The zero-order valence-corrected chi connectivity index (χ0v) is 34.1. The predicted molar refractivity (Wildman–Crippen MR) is 195 cm³/mol. The second kappa shape index (κ2) is 13.9. The molecule has 0 saturated carbocycles. The van der Waals surface area contributed by atoms with Gasteiger partial charge in [-0.05, 0) is 48.8 Å². The Morgan fingerprint density at radius 2 is 1.60 bits per heavy atom. The molecule has 0 radical (unpaired) electrons. The Kier molecular flexibility index (Phi) is 11.1. The molecule has 278 valence electrons. The van der Waals surface area contributed by atoms with Gasteiger partial charge in [-0.15, -0.1) is 0 Å². The van der Waals surface area contributed by atoms with Crippen molar-refractivity contribution in [3.05, 3.63) is 79.6 Å². The molecule has 4 atom stereocenters. The summed E-state index contributed by atoms with van der Waals surface area (Å²) in [5, 5.41) is 3.35. The molecule has 0 bridgehead atoms. The average molecular weight is 752 g/mol. The van der Waals surface area contributed by atoms with Crippen molar-refractivity contribution >= 4 is 32.7 Å². The molecule has 3 heterocycles. The standard InChI is InChI=1S/C34H53N3O10SSi2/c1-23-19-37(31(40)36(8)29(23)39)30-28(46-50(11,12)33(5,6)7)34(26(45-30)21-44-49(9,10)32(2,3)4)25(22-48(41,42)47-34)35-18-27(38)43-20-24-16-14-13-15-17-24/h13-17,19,22,26,28,30,35H,18,20-21H2,1-12H3/t26-,28+,30-,34-/m1/s1. The van der Waals surface area contributed by atoms with Gasteiger partial charge in [0, 0.05) is 18.8 Å². The molecule has 0 amide bonds. The fourth-order valence-electron chi connectivity index (χ4n) is 5.34. The van der Waals surface area contributed by atoms with Crippen molar-refractivity contribution in [2.24, 2.45) is 7.05 Å². The maximum absolute atomic E-state index is 13.7. The van der Waals surface area contributed by atoms with Crippen LogP contribution < -0.4 is 16.6 Å². The summed E-state index contributed by atoms with van der Waals surface area (Å²) in [4.78, 5) is 39.5. The van der Waals surface area contributed by atoms with Gasteiger partial charge in [-0.1, -0.05) is 71.9 Å². The minimum absolute atomic E-state index is 0.0128. The van der Waals surface area contributed by atoms with E-state index in [1.54, 1.807) is 6.92 Å². The van der Waals surface area contributed by atoms with Gasteiger partial charge in [0.05, 0.1) is 17.7 Å². The Hall–Kier alpha value is -2.87. The summed E-state index contributed by atoms with van der Waals surface area (Å²) >= 11 is 0. The summed E-state index contributed by atoms with van der Waals surface area (Å²) in [6, 6.07) is 9.17. The van der Waals surface area contributed by atoms with Crippen LogP contribution in [-0.2, 0) is 51.1 Å². The Bertz CT molecular complexity index is 1840. The zero-order chi connectivity index (χ0) is 37.7. The van der Waals surface area contributed by atoms with Gasteiger partial charge in [0.1, 0.15) is 25.4 Å². The van der Waals surface area contributed by atoms with Gasteiger partial charge in [0.2, 0.25) is 0 Å². The van der Waals surface area contributed by atoms with Gasteiger partial charge < -0.3 is 23.6 Å². The van der Waals surface area contributed by atoms with E-state index in [2.05, 4.69) is 39.2 Å². The van der Waals surface area contributed by atoms with Gasteiger partial charge in [-0.2, -0.15) is 8.42 Å². The molecule has 4 rings (SSSR count). The summed E-state index contributed by atoms with van der Waals surface area (Å²) in [6.07, 6.45) is -2.25. The maximum Gasteiger partial charge on any atom is 0.332 e. The summed E-state index contributed by atoms with van der Waals surface area (Å²) in [5.74, 6) is -0.634. The van der Waals surface area contributed by atoms with Crippen molar-refractivity contribution in [3.63, 3.8) is 0 Å². The molecular weight excluding hydrogens is 699 g/mol. The highest BCUT2D eigenvalue weighted by atomic mass is 32.2. The van der Waals surface area contributed by atoms with Crippen LogP contribution in [0.5, 0.6) is 0 Å². The second-order valence-corrected chi connectivity index (χ2v) is 27.1. The number of carbonyl (C=O) groups is 1. The first-order valence-electron chi connectivity index (χ1n) is 16.7. The normalized spacial score (nSPS) is 24.0. The second-order valence-electron chi connectivity index (χ2n) is 16.2. The number of nitrogens with one attached hydrogen (secondary N) is 1. The fourth-order valence-corrected chi connectivity index (χ4v) is 8.90.